The predicted octanol–water partition coefficient (Wildman–Crippen LogP) is 2.37. The standard InChI is InChI=1S/C17H21N3O3/c1-10-4-2-5-12-16(10)23-17(19-12)18-11-7-8-14(21)20-15(11)13-6-3-9-22-13/h2,4-5,11,13,15H,3,6-9H2,1H3,(H,18,19)(H,20,21)/t11-,13?,15-/m0/s1. The number of ether oxygens (including phenoxy) is 1. The van der Waals surface area contributed by atoms with Crippen LogP contribution in [-0.4, -0.2) is 35.7 Å². The zero-order valence-corrected chi connectivity index (χ0v) is 13.2. The van der Waals surface area contributed by atoms with Crippen molar-refractivity contribution in [3.8, 4) is 0 Å². The van der Waals surface area contributed by atoms with Crippen LogP contribution in [0.1, 0.15) is 31.2 Å². The monoisotopic (exact) mass is 315 g/mol. The Morgan fingerprint density at radius 3 is 3.04 bits per heavy atom. The van der Waals surface area contributed by atoms with Crippen LogP contribution < -0.4 is 10.6 Å². The van der Waals surface area contributed by atoms with Gasteiger partial charge in [-0.3, -0.25) is 4.79 Å². The molecule has 4 rings (SSSR count). The van der Waals surface area contributed by atoms with Gasteiger partial charge < -0.3 is 19.8 Å². The molecule has 122 valence electrons. The Labute approximate surface area is 134 Å². The van der Waals surface area contributed by atoms with Crippen molar-refractivity contribution < 1.29 is 13.9 Å². The van der Waals surface area contributed by atoms with Crippen LogP contribution in [0.2, 0.25) is 0 Å². The minimum Gasteiger partial charge on any atom is -0.423 e. The highest BCUT2D eigenvalue weighted by Gasteiger charge is 2.37. The Hall–Kier alpha value is -2.08. The number of piperidine rings is 1. The average molecular weight is 315 g/mol. The molecular weight excluding hydrogens is 294 g/mol. The minimum absolute atomic E-state index is 0.0325. The summed E-state index contributed by atoms with van der Waals surface area (Å²) in [5.74, 6) is 0.0944. The zero-order chi connectivity index (χ0) is 15.8. The fourth-order valence-corrected chi connectivity index (χ4v) is 3.53. The summed E-state index contributed by atoms with van der Waals surface area (Å²) in [5, 5.41) is 6.45. The third kappa shape index (κ3) is 2.79. The van der Waals surface area contributed by atoms with Crippen LogP contribution in [0.25, 0.3) is 11.1 Å². The second-order valence-electron chi connectivity index (χ2n) is 6.38. The Balaban J connectivity index is 1.57. The third-order valence-electron chi connectivity index (χ3n) is 4.73. The zero-order valence-electron chi connectivity index (χ0n) is 13.2. The third-order valence-corrected chi connectivity index (χ3v) is 4.73. The van der Waals surface area contributed by atoms with E-state index in [9.17, 15) is 4.79 Å². The van der Waals surface area contributed by atoms with Gasteiger partial charge in [0.25, 0.3) is 6.01 Å². The number of aryl methyl sites for hydroxylation is 1. The number of para-hydroxylation sites is 1. The Kier molecular flexibility index (Phi) is 3.69. The average Bonchev–Trinajstić information content (AvgIpc) is 3.19. The number of anilines is 1. The minimum atomic E-state index is -0.0325. The molecule has 0 spiro atoms. The molecule has 2 aliphatic heterocycles. The number of carbonyl (C=O) groups is 1. The van der Waals surface area contributed by atoms with Gasteiger partial charge in [-0.15, -0.1) is 0 Å². The number of nitrogens with zero attached hydrogens (tertiary/aromatic N) is 1. The van der Waals surface area contributed by atoms with Crippen LogP contribution in [0.5, 0.6) is 0 Å². The van der Waals surface area contributed by atoms with E-state index in [1.165, 1.54) is 0 Å². The van der Waals surface area contributed by atoms with Gasteiger partial charge in [0, 0.05) is 13.0 Å². The van der Waals surface area contributed by atoms with Crippen molar-refractivity contribution in [3.63, 3.8) is 0 Å². The first-order valence-electron chi connectivity index (χ1n) is 8.24. The van der Waals surface area contributed by atoms with Crippen LogP contribution in [0.15, 0.2) is 22.6 Å². The van der Waals surface area contributed by atoms with E-state index in [0.29, 0.717) is 12.4 Å². The predicted molar refractivity (Wildman–Crippen MR) is 86.3 cm³/mol. The summed E-state index contributed by atoms with van der Waals surface area (Å²) in [4.78, 5) is 16.3. The lowest BCUT2D eigenvalue weighted by atomic mass is 9.92. The Morgan fingerprint density at radius 2 is 2.26 bits per heavy atom. The molecule has 2 aromatic rings. The van der Waals surface area contributed by atoms with E-state index >= 15 is 0 Å². The molecule has 6 nitrogen and oxygen atoms in total. The quantitative estimate of drug-likeness (QED) is 0.909. The normalized spacial score (nSPS) is 28.0. The van der Waals surface area contributed by atoms with Crippen molar-refractivity contribution in [1.82, 2.24) is 10.3 Å². The van der Waals surface area contributed by atoms with Crippen LogP contribution >= 0.6 is 0 Å². The van der Waals surface area contributed by atoms with E-state index in [4.69, 9.17) is 9.15 Å². The van der Waals surface area contributed by atoms with Crippen LogP contribution in [-0.2, 0) is 9.53 Å². The highest BCUT2D eigenvalue weighted by Crippen LogP contribution is 2.27. The van der Waals surface area contributed by atoms with Gasteiger partial charge in [-0.05, 0) is 37.8 Å². The lowest BCUT2D eigenvalue weighted by molar-refractivity contribution is -0.124. The molecule has 23 heavy (non-hydrogen) atoms. The lowest BCUT2D eigenvalue weighted by Gasteiger charge is -2.35. The van der Waals surface area contributed by atoms with Gasteiger partial charge in [-0.1, -0.05) is 12.1 Å². The van der Waals surface area contributed by atoms with E-state index in [1.807, 2.05) is 25.1 Å². The smallest absolute Gasteiger partial charge is 0.295 e. The fourth-order valence-electron chi connectivity index (χ4n) is 3.53. The summed E-state index contributed by atoms with van der Waals surface area (Å²) >= 11 is 0. The van der Waals surface area contributed by atoms with Gasteiger partial charge in [0.1, 0.15) is 5.52 Å². The van der Waals surface area contributed by atoms with Gasteiger partial charge >= 0.3 is 0 Å². The molecule has 1 aromatic heterocycles. The number of amides is 1. The number of nitrogens with one attached hydrogen (secondary N) is 2. The van der Waals surface area contributed by atoms with Gasteiger partial charge in [-0.2, -0.15) is 4.98 Å². The summed E-state index contributed by atoms with van der Waals surface area (Å²) < 4.78 is 11.6. The summed E-state index contributed by atoms with van der Waals surface area (Å²) in [6.07, 6.45) is 3.37. The lowest BCUT2D eigenvalue weighted by Crippen LogP contribution is -2.56. The number of benzene rings is 1. The molecule has 3 heterocycles. The number of carbonyl (C=O) groups excluding carboxylic acids is 1. The van der Waals surface area contributed by atoms with Crippen molar-refractivity contribution in [2.75, 3.05) is 11.9 Å². The maximum atomic E-state index is 11.8. The summed E-state index contributed by atoms with van der Waals surface area (Å²) in [6.45, 7) is 2.78. The Bertz CT molecular complexity index is 721. The first kappa shape index (κ1) is 14.5. The molecule has 0 radical (unpaired) electrons. The first-order valence-corrected chi connectivity index (χ1v) is 8.24. The van der Waals surface area contributed by atoms with Crippen molar-refractivity contribution >= 4 is 23.0 Å². The molecule has 6 heteroatoms. The summed E-state index contributed by atoms with van der Waals surface area (Å²) in [6, 6.07) is 6.47. The van der Waals surface area contributed by atoms with E-state index in [-0.39, 0.29) is 24.1 Å². The highest BCUT2D eigenvalue weighted by atomic mass is 16.5. The first-order chi connectivity index (χ1) is 11.2. The van der Waals surface area contributed by atoms with Crippen molar-refractivity contribution in [2.24, 2.45) is 0 Å². The maximum absolute atomic E-state index is 11.8. The number of fused-ring (bicyclic) bond motifs is 1. The Morgan fingerprint density at radius 1 is 1.35 bits per heavy atom. The van der Waals surface area contributed by atoms with E-state index in [2.05, 4.69) is 15.6 Å². The van der Waals surface area contributed by atoms with E-state index in [1.54, 1.807) is 0 Å². The van der Waals surface area contributed by atoms with Crippen LogP contribution in [0.4, 0.5) is 6.01 Å². The number of hydrogen-bond acceptors (Lipinski definition) is 5. The molecule has 0 bridgehead atoms. The molecule has 0 saturated carbocycles. The van der Waals surface area contributed by atoms with Crippen molar-refractivity contribution in [1.29, 1.82) is 0 Å². The van der Waals surface area contributed by atoms with Gasteiger partial charge in [0.15, 0.2) is 5.58 Å². The number of aromatic nitrogens is 1. The topological polar surface area (TPSA) is 76.4 Å². The van der Waals surface area contributed by atoms with Crippen molar-refractivity contribution in [3.05, 3.63) is 23.8 Å². The number of rotatable bonds is 3. The molecule has 2 N–H and O–H groups in total. The molecular formula is C17H21N3O3. The molecule has 2 fully saturated rings. The summed E-state index contributed by atoms with van der Waals surface area (Å²) in [7, 11) is 0. The molecule has 2 saturated heterocycles. The fraction of sp³-hybridized carbons (Fsp3) is 0.529. The largest absolute Gasteiger partial charge is 0.423 e. The number of oxazole rings is 1. The maximum Gasteiger partial charge on any atom is 0.295 e. The molecule has 3 atom stereocenters. The molecule has 1 amide bonds. The summed E-state index contributed by atoms with van der Waals surface area (Å²) in [5.41, 5.74) is 2.72. The van der Waals surface area contributed by atoms with Crippen LogP contribution in [0.3, 0.4) is 0 Å². The number of hydrogen-bond donors (Lipinski definition) is 2. The second-order valence-corrected chi connectivity index (χ2v) is 6.38. The van der Waals surface area contributed by atoms with Gasteiger partial charge in [-0.25, -0.2) is 0 Å². The van der Waals surface area contributed by atoms with E-state index < -0.39 is 0 Å². The molecule has 1 aromatic carbocycles. The molecule has 1 unspecified atom stereocenters. The van der Waals surface area contributed by atoms with Gasteiger partial charge in [0.2, 0.25) is 5.91 Å². The highest BCUT2D eigenvalue weighted by molar-refractivity contribution is 5.79. The SMILES string of the molecule is Cc1cccc2nc(N[C@H]3CCC(=O)N[C@@H]3C3CCCO3)oc12. The van der Waals surface area contributed by atoms with E-state index in [0.717, 1.165) is 42.5 Å². The molecule has 0 aliphatic carbocycles. The van der Waals surface area contributed by atoms with Crippen molar-refractivity contribution in [2.45, 2.75) is 50.8 Å². The second kappa shape index (κ2) is 5.85. The van der Waals surface area contributed by atoms with Gasteiger partial charge in [0.05, 0.1) is 18.2 Å². The molecule has 2 aliphatic rings. The van der Waals surface area contributed by atoms with Crippen LogP contribution in [0, 0.1) is 6.92 Å².